The Morgan fingerprint density at radius 3 is 2.71 bits per heavy atom. The minimum absolute atomic E-state index is 0.00963. The number of benzene rings is 2. The maximum Gasteiger partial charge on any atom is 0.350 e. The van der Waals surface area contributed by atoms with Crippen LogP contribution in [0.15, 0.2) is 51.7 Å². The molecule has 0 amide bonds. The summed E-state index contributed by atoms with van der Waals surface area (Å²) in [5.41, 5.74) is 3.23. The predicted molar refractivity (Wildman–Crippen MR) is 110 cm³/mol. The zero-order chi connectivity index (χ0) is 19.3. The summed E-state index contributed by atoms with van der Waals surface area (Å²) in [7, 11) is 0. The summed E-state index contributed by atoms with van der Waals surface area (Å²) in [5.74, 6) is -0.492. The van der Waals surface area contributed by atoms with Crippen LogP contribution in [0.2, 0.25) is 5.02 Å². The van der Waals surface area contributed by atoms with Crippen molar-refractivity contribution < 1.29 is 13.9 Å². The molecule has 4 aromatic rings. The fourth-order valence-electron chi connectivity index (χ4n) is 3.77. The fourth-order valence-corrected chi connectivity index (χ4v) is 5.17. The number of halogens is 1. The van der Waals surface area contributed by atoms with E-state index in [1.54, 1.807) is 0 Å². The van der Waals surface area contributed by atoms with E-state index in [0.717, 1.165) is 34.7 Å². The van der Waals surface area contributed by atoms with Gasteiger partial charge in [0.1, 0.15) is 17.1 Å². The minimum atomic E-state index is -0.492. The summed E-state index contributed by atoms with van der Waals surface area (Å²) in [6.07, 6.45) is 3.12. The van der Waals surface area contributed by atoms with Crippen molar-refractivity contribution in [2.45, 2.75) is 25.9 Å². The van der Waals surface area contributed by atoms with Gasteiger partial charge >= 0.3 is 11.6 Å². The number of esters is 1. The molecule has 6 heteroatoms. The number of rotatable bonds is 3. The highest BCUT2D eigenvalue weighted by molar-refractivity contribution is 7.21. The van der Waals surface area contributed by atoms with Gasteiger partial charge in [0.25, 0.3) is 0 Å². The molecular formula is C22H15ClO4S. The summed E-state index contributed by atoms with van der Waals surface area (Å²) in [4.78, 5) is 25.0. The summed E-state index contributed by atoms with van der Waals surface area (Å²) in [6, 6.07) is 13.0. The van der Waals surface area contributed by atoms with Gasteiger partial charge in [-0.2, -0.15) is 0 Å². The van der Waals surface area contributed by atoms with E-state index < -0.39 is 11.6 Å². The molecule has 1 aliphatic carbocycles. The molecule has 1 aliphatic rings. The summed E-state index contributed by atoms with van der Waals surface area (Å²) < 4.78 is 11.8. The zero-order valence-corrected chi connectivity index (χ0v) is 16.4. The van der Waals surface area contributed by atoms with E-state index in [1.165, 1.54) is 28.5 Å². The molecule has 0 aliphatic heterocycles. The first-order valence-corrected chi connectivity index (χ1v) is 10.2. The molecule has 0 saturated carbocycles. The van der Waals surface area contributed by atoms with Crippen molar-refractivity contribution >= 4 is 50.0 Å². The summed E-state index contributed by atoms with van der Waals surface area (Å²) in [5, 5.41) is 2.05. The average molecular weight is 411 g/mol. The van der Waals surface area contributed by atoms with Crippen molar-refractivity contribution in [3.63, 3.8) is 0 Å². The Morgan fingerprint density at radius 1 is 1.11 bits per heavy atom. The SMILES string of the molecule is O=C(OCc1cc(=O)oc2cc3c(cc12)CCC3)c1sc2ccccc2c1Cl. The lowest BCUT2D eigenvalue weighted by molar-refractivity contribution is 0.0480. The van der Waals surface area contributed by atoms with Crippen LogP contribution in [0.3, 0.4) is 0 Å². The summed E-state index contributed by atoms with van der Waals surface area (Å²) >= 11 is 7.67. The van der Waals surface area contributed by atoms with Crippen molar-refractivity contribution in [1.82, 2.24) is 0 Å². The van der Waals surface area contributed by atoms with E-state index in [4.69, 9.17) is 20.8 Å². The molecule has 0 saturated heterocycles. The van der Waals surface area contributed by atoms with Crippen LogP contribution >= 0.6 is 22.9 Å². The third-order valence-electron chi connectivity index (χ3n) is 5.12. The molecule has 0 fully saturated rings. The van der Waals surface area contributed by atoms with Gasteiger partial charge in [0.2, 0.25) is 0 Å². The highest BCUT2D eigenvalue weighted by Gasteiger charge is 2.20. The molecule has 140 valence electrons. The van der Waals surface area contributed by atoms with Crippen molar-refractivity contribution in [3.8, 4) is 0 Å². The second-order valence-corrected chi connectivity index (χ2v) is 8.31. The first-order chi connectivity index (χ1) is 13.6. The number of fused-ring (bicyclic) bond motifs is 3. The smallest absolute Gasteiger partial charge is 0.350 e. The van der Waals surface area contributed by atoms with Gasteiger partial charge < -0.3 is 9.15 Å². The maximum absolute atomic E-state index is 12.6. The molecule has 0 atom stereocenters. The zero-order valence-electron chi connectivity index (χ0n) is 14.8. The van der Waals surface area contributed by atoms with E-state index >= 15 is 0 Å². The number of carbonyl (C=O) groups excluding carboxylic acids is 1. The average Bonchev–Trinajstić information content (AvgIpc) is 3.28. The molecule has 5 rings (SSSR count). The Labute approximate surface area is 169 Å². The Bertz CT molecular complexity index is 1300. The van der Waals surface area contributed by atoms with Crippen LogP contribution in [0, 0.1) is 0 Å². The van der Waals surface area contributed by atoms with Gasteiger partial charge in [-0.25, -0.2) is 9.59 Å². The molecular weight excluding hydrogens is 396 g/mol. The quantitative estimate of drug-likeness (QED) is 0.330. The number of ether oxygens (including phenoxy) is 1. The largest absolute Gasteiger partial charge is 0.457 e. The second kappa shape index (κ2) is 6.76. The normalized spacial score (nSPS) is 13.2. The Kier molecular flexibility index (Phi) is 4.22. The first kappa shape index (κ1) is 17.5. The minimum Gasteiger partial charge on any atom is -0.457 e. The predicted octanol–water partition coefficient (Wildman–Crippen LogP) is 5.51. The van der Waals surface area contributed by atoms with Gasteiger partial charge in [-0.15, -0.1) is 11.3 Å². The van der Waals surface area contributed by atoms with E-state index in [2.05, 4.69) is 6.07 Å². The van der Waals surface area contributed by atoms with Crippen molar-refractivity contribution in [2.75, 3.05) is 0 Å². The molecule has 0 N–H and O–H groups in total. The highest BCUT2D eigenvalue weighted by atomic mass is 35.5. The van der Waals surface area contributed by atoms with Crippen molar-refractivity contribution in [1.29, 1.82) is 0 Å². The third-order valence-corrected chi connectivity index (χ3v) is 6.78. The van der Waals surface area contributed by atoms with Gasteiger partial charge in [-0.1, -0.05) is 29.8 Å². The van der Waals surface area contributed by atoms with Gasteiger partial charge in [0.15, 0.2) is 0 Å². The molecule has 0 unspecified atom stereocenters. The molecule has 0 radical (unpaired) electrons. The van der Waals surface area contributed by atoms with E-state index in [0.29, 0.717) is 21.0 Å². The van der Waals surface area contributed by atoms with Crippen LogP contribution in [0.4, 0.5) is 0 Å². The van der Waals surface area contributed by atoms with Gasteiger partial charge in [-0.3, -0.25) is 0 Å². The van der Waals surface area contributed by atoms with E-state index in [9.17, 15) is 9.59 Å². The molecule has 0 bridgehead atoms. The first-order valence-electron chi connectivity index (χ1n) is 9.03. The Balaban J connectivity index is 1.47. The molecule has 4 nitrogen and oxygen atoms in total. The molecule has 28 heavy (non-hydrogen) atoms. The number of thiophene rings is 1. The van der Waals surface area contributed by atoms with Gasteiger partial charge in [-0.05, 0) is 48.6 Å². The topological polar surface area (TPSA) is 56.5 Å². The van der Waals surface area contributed by atoms with Crippen LogP contribution in [-0.2, 0) is 24.2 Å². The van der Waals surface area contributed by atoms with E-state index in [-0.39, 0.29) is 6.61 Å². The number of aryl methyl sites for hydroxylation is 2. The molecule has 2 heterocycles. The van der Waals surface area contributed by atoms with Crippen LogP contribution in [0.1, 0.15) is 32.8 Å². The number of carbonyl (C=O) groups is 1. The van der Waals surface area contributed by atoms with Crippen molar-refractivity contribution in [3.05, 3.63) is 79.5 Å². The number of hydrogen-bond acceptors (Lipinski definition) is 5. The van der Waals surface area contributed by atoms with Crippen LogP contribution in [-0.4, -0.2) is 5.97 Å². The Morgan fingerprint density at radius 2 is 1.89 bits per heavy atom. The lowest BCUT2D eigenvalue weighted by Gasteiger charge is -2.09. The third kappa shape index (κ3) is 2.91. The number of hydrogen-bond donors (Lipinski definition) is 0. The van der Waals surface area contributed by atoms with Gasteiger partial charge in [0.05, 0.1) is 5.02 Å². The monoisotopic (exact) mass is 410 g/mol. The Hall–Kier alpha value is -2.63. The second-order valence-electron chi connectivity index (χ2n) is 6.88. The molecule has 2 aromatic heterocycles. The van der Waals surface area contributed by atoms with E-state index in [1.807, 2.05) is 30.3 Å². The summed E-state index contributed by atoms with van der Waals surface area (Å²) in [6.45, 7) is -0.00963. The lowest BCUT2D eigenvalue weighted by Crippen LogP contribution is -2.07. The van der Waals surface area contributed by atoms with Crippen molar-refractivity contribution in [2.24, 2.45) is 0 Å². The molecule has 0 spiro atoms. The lowest BCUT2D eigenvalue weighted by atomic mass is 10.0. The fraction of sp³-hybridized carbons (Fsp3) is 0.182. The molecule has 2 aromatic carbocycles. The van der Waals surface area contributed by atoms with Crippen LogP contribution in [0.5, 0.6) is 0 Å². The standard InChI is InChI=1S/C22H15ClO4S/c23-20-15-6-1-2-7-18(15)28-21(20)22(25)26-11-14-10-19(24)27-17-9-13-5-3-4-12(13)8-16(14)17/h1-2,6-10H,3-5,11H2. The van der Waals surface area contributed by atoms with Crippen LogP contribution < -0.4 is 5.63 Å². The highest BCUT2D eigenvalue weighted by Crippen LogP contribution is 2.36. The van der Waals surface area contributed by atoms with Crippen LogP contribution in [0.25, 0.3) is 21.1 Å². The van der Waals surface area contributed by atoms with Gasteiger partial charge in [0, 0.05) is 27.1 Å². The maximum atomic E-state index is 12.6.